The fourth-order valence-electron chi connectivity index (χ4n) is 3.93. The zero-order chi connectivity index (χ0) is 18.6. The third-order valence-corrected chi connectivity index (χ3v) is 5.48. The largest absolute Gasteiger partial charge is 0.432 e. The predicted octanol–water partition coefficient (Wildman–Crippen LogP) is 5.24. The van der Waals surface area contributed by atoms with Crippen LogP contribution in [0.2, 0.25) is 5.02 Å². The van der Waals surface area contributed by atoms with Crippen LogP contribution in [-0.4, -0.2) is 10.7 Å². The van der Waals surface area contributed by atoms with Gasteiger partial charge in [0, 0.05) is 23.5 Å². The van der Waals surface area contributed by atoms with Crippen LogP contribution in [-0.2, 0) is 13.0 Å². The highest BCUT2D eigenvalue weighted by molar-refractivity contribution is 6.30. The standard InChI is InChI=1S/C21H17ClF2N2O/c22-16-5-3-15-12-25-20(17-2-1-9-26(17)18(15)11-16)14-4-6-19-13(10-14)7-8-21(23,24)27-19/h1-6,9-11,20,25H,7-8,12H2. The van der Waals surface area contributed by atoms with Crippen molar-refractivity contribution >= 4 is 11.6 Å². The highest BCUT2D eigenvalue weighted by Crippen LogP contribution is 2.38. The summed E-state index contributed by atoms with van der Waals surface area (Å²) in [4.78, 5) is 0. The number of fused-ring (bicyclic) bond motifs is 4. The van der Waals surface area contributed by atoms with E-state index in [0.717, 1.165) is 28.1 Å². The van der Waals surface area contributed by atoms with Crippen molar-refractivity contribution in [2.75, 3.05) is 0 Å². The quantitative estimate of drug-likeness (QED) is 0.619. The topological polar surface area (TPSA) is 26.2 Å². The SMILES string of the molecule is FC1(F)CCc2cc(C3NCc4ccc(Cl)cc4-n4cccc43)ccc2O1. The molecule has 0 spiro atoms. The van der Waals surface area contributed by atoms with Crippen molar-refractivity contribution < 1.29 is 13.5 Å². The van der Waals surface area contributed by atoms with Gasteiger partial charge in [0.1, 0.15) is 5.75 Å². The van der Waals surface area contributed by atoms with Crippen LogP contribution in [0.5, 0.6) is 5.75 Å². The van der Waals surface area contributed by atoms with Gasteiger partial charge >= 0.3 is 6.11 Å². The number of nitrogens with one attached hydrogen (secondary N) is 1. The van der Waals surface area contributed by atoms with E-state index < -0.39 is 6.11 Å². The van der Waals surface area contributed by atoms with Gasteiger partial charge in [-0.05, 0) is 53.4 Å². The zero-order valence-corrected chi connectivity index (χ0v) is 15.1. The molecule has 138 valence electrons. The van der Waals surface area contributed by atoms with E-state index in [1.165, 1.54) is 0 Å². The average molecular weight is 387 g/mol. The second kappa shape index (κ2) is 6.08. The van der Waals surface area contributed by atoms with E-state index in [0.29, 0.717) is 18.0 Å². The predicted molar refractivity (Wildman–Crippen MR) is 99.8 cm³/mol. The molecule has 2 aromatic carbocycles. The molecule has 6 heteroatoms. The Morgan fingerprint density at radius 1 is 1.11 bits per heavy atom. The molecular weight excluding hydrogens is 370 g/mol. The monoisotopic (exact) mass is 386 g/mol. The summed E-state index contributed by atoms with van der Waals surface area (Å²) < 4.78 is 33.9. The maximum atomic E-state index is 13.5. The van der Waals surface area contributed by atoms with Crippen molar-refractivity contribution in [3.8, 4) is 11.4 Å². The molecule has 3 heterocycles. The van der Waals surface area contributed by atoms with Gasteiger partial charge < -0.3 is 14.6 Å². The molecule has 27 heavy (non-hydrogen) atoms. The summed E-state index contributed by atoms with van der Waals surface area (Å²) in [5.41, 5.74) is 5.14. The summed E-state index contributed by atoms with van der Waals surface area (Å²) in [6.45, 7) is 0.685. The maximum Gasteiger partial charge on any atom is 0.398 e. The van der Waals surface area contributed by atoms with Crippen molar-refractivity contribution in [2.45, 2.75) is 31.5 Å². The Balaban J connectivity index is 1.57. The molecule has 3 aromatic rings. The van der Waals surface area contributed by atoms with Crippen molar-refractivity contribution in [3.05, 3.63) is 82.1 Å². The summed E-state index contributed by atoms with van der Waals surface area (Å²) >= 11 is 6.21. The molecule has 2 aliphatic rings. The van der Waals surface area contributed by atoms with Gasteiger partial charge in [-0.3, -0.25) is 0 Å². The number of aromatic nitrogens is 1. The Kier molecular flexibility index (Phi) is 3.78. The van der Waals surface area contributed by atoms with Gasteiger partial charge in [-0.1, -0.05) is 29.8 Å². The van der Waals surface area contributed by atoms with Crippen LogP contribution < -0.4 is 10.1 Å². The van der Waals surface area contributed by atoms with Gasteiger partial charge in [-0.15, -0.1) is 0 Å². The zero-order valence-electron chi connectivity index (χ0n) is 14.4. The van der Waals surface area contributed by atoms with E-state index in [4.69, 9.17) is 16.3 Å². The first-order valence-corrected chi connectivity index (χ1v) is 9.27. The first-order chi connectivity index (χ1) is 13.0. The van der Waals surface area contributed by atoms with Crippen molar-refractivity contribution in [1.29, 1.82) is 0 Å². The maximum absolute atomic E-state index is 13.5. The summed E-state index contributed by atoms with van der Waals surface area (Å²) in [5, 5.41) is 4.28. The third kappa shape index (κ3) is 2.91. The molecule has 1 N–H and O–H groups in total. The van der Waals surface area contributed by atoms with Gasteiger partial charge in [0.05, 0.1) is 18.2 Å². The first kappa shape index (κ1) is 16.8. The molecule has 1 aromatic heterocycles. The molecule has 0 saturated heterocycles. The molecule has 0 radical (unpaired) electrons. The Labute approximate surface area is 160 Å². The number of ether oxygens (including phenoxy) is 1. The van der Waals surface area contributed by atoms with Crippen molar-refractivity contribution in [3.63, 3.8) is 0 Å². The molecule has 0 aliphatic carbocycles. The lowest BCUT2D eigenvalue weighted by atomic mass is 9.97. The lowest BCUT2D eigenvalue weighted by Gasteiger charge is -2.27. The van der Waals surface area contributed by atoms with Crippen LogP contribution in [0.25, 0.3) is 5.69 Å². The second-order valence-corrected chi connectivity index (χ2v) is 7.43. The van der Waals surface area contributed by atoms with Gasteiger partial charge in [0.25, 0.3) is 0 Å². The number of halogens is 3. The molecule has 0 bridgehead atoms. The van der Waals surface area contributed by atoms with Crippen molar-refractivity contribution in [1.82, 2.24) is 9.88 Å². The molecule has 5 rings (SSSR count). The fraction of sp³-hybridized carbons (Fsp3) is 0.238. The van der Waals surface area contributed by atoms with Crippen molar-refractivity contribution in [2.24, 2.45) is 0 Å². The summed E-state index contributed by atoms with van der Waals surface area (Å²) in [6, 6.07) is 15.4. The van der Waals surface area contributed by atoms with E-state index in [2.05, 4.69) is 16.0 Å². The number of benzene rings is 2. The Hall–Kier alpha value is -2.37. The third-order valence-electron chi connectivity index (χ3n) is 5.24. The van der Waals surface area contributed by atoms with E-state index in [9.17, 15) is 8.78 Å². The Morgan fingerprint density at radius 3 is 2.89 bits per heavy atom. The van der Waals surface area contributed by atoms with Gasteiger partial charge in [-0.25, -0.2) is 0 Å². The average Bonchev–Trinajstić information content (AvgIpc) is 3.06. The van der Waals surface area contributed by atoms with E-state index in [-0.39, 0.29) is 18.2 Å². The minimum Gasteiger partial charge on any atom is -0.432 e. The van der Waals surface area contributed by atoms with Crippen LogP contribution in [0.3, 0.4) is 0 Å². The molecule has 0 saturated carbocycles. The number of aryl methyl sites for hydroxylation is 1. The van der Waals surface area contributed by atoms with E-state index >= 15 is 0 Å². The number of hydrogen-bond donors (Lipinski definition) is 1. The highest BCUT2D eigenvalue weighted by atomic mass is 35.5. The minimum atomic E-state index is -3.08. The fourth-order valence-corrected chi connectivity index (χ4v) is 4.10. The number of nitrogens with zero attached hydrogens (tertiary/aromatic N) is 1. The molecule has 3 nitrogen and oxygen atoms in total. The summed E-state index contributed by atoms with van der Waals surface area (Å²) in [5.74, 6) is 0.272. The lowest BCUT2D eigenvalue weighted by molar-refractivity contribution is -0.187. The van der Waals surface area contributed by atoms with Crippen LogP contribution >= 0.6 is 11.6 Å². The van der Waals surface area contributed by atoms with Crippen LogP contribution in [0, 0.1) is 0 Å². The highest BCUT2D eigenvalue weighted by Gasteiger charge is 2.36. The molecule has 1 atom stereocenters. The van der Waals surface area contributed by atoms with E-state index in [1.54, 1.807) is 6.07 Å². The van der Waals surface area contributed by atoms with Crippen LogP contribution in [0.4, 0.5) is 8.78 Å². The Morgan fingerprint density at radius 2 is 2.00 bits per heavy atom. The van der Waals surface area contributed by atoms with Crippen LogP contribution in [0.1, 0.15) is 34.8 Å². The molecule has 1 unspecified atom stereocenters. The van der Waals surface area contributed by atoms with Gasteiger partial charge in [0.15, 0.2) is 0 Å². The number of rotatable bonds is 1. The minimum absolute atomic E-state index is 0.0566. The normalized spacial score (nSPS) is 20.0. The van der Waals surface area contributed by atoms with E-state index in [1.807, 2.05) is 42.6 Å². The molecule has 0 amide bonds. The summed E-state index contributed by atoms with van der Waals surface area (Å²) in [7, 11) is 0. The molecule has 2 aliphatic heterocycles. The molecular formula is C21H17ClF2N2O. The molecule has 0 fully saturated rings. The Bertz CT molecular complexity index is 1030. The number of hydrogen-bond acceptors (Lipinski definition) is 2. The van der Waals surface area contributed by atoms with Gasteiger partial charge in [-0.2, -0.15) is 8.78 Å². The second-order valence-electron chi connectivity index (χ2n) is 7.00. The summed E-state index contributed by atoms with van der Waals surface area (Å²) in [6.07, 6.45) is -1.04. The van der Waals surface area contributed by atoms with Gasteiger partial charge in [0.2, 0.25) is 0 Å². The smallest absolute Gasteiger partial charge is 0.398 e. The van der Waals surface area contributed by atoms with Crippen LogP contribution in [0.15, 0.2) is 54.7 Å². The first-order valence-electron chi connectivity index (χ1n) is 8.89. The number of alkyl halides is 2. The lowest BCUT2D eigenvalue weighted by Crippen LogP contribution is -2.30.